The Morgan fingerprint density at radius 1 is 1.29 bits per heavy atom. The summed E-state index contributed by atoms with van der Waals surface area (Å²) < 4.78 is 0. The van der Waals surface area contributed by atoms with Crippen LogP contribution in [0.2, 0.25) is 0 Å². The molecule has 0 saturated heterocycles. The van der Waals surface area contributed by atoms with Gasteiger partial charge in [0.2, 0.25) is 0 Å². The third-order valence-corrected chi connectivity index (χ3v) is 3.13. The Morgan fingerprint density at radius 3 is 2.81 bits per heavy atom. The molecule has 0 saturated carbocycles. The molecule has 0 atom stereocenters. The van der Waals surface area contributed by atoms with Gasteiger partial charge in [-0.05, 0) is 35.9 Å². The summed E-state index contributed by atoms with van der Waals surface area (Å²) in [6.07, 6.45) is 2.04. The number of nitriles is 1. The number of rotatable bonds is 3. The Labute approximate surface area is 121 Å². The number of nitrogens with zero attached hydrogens (tertiary/aromatic N) is 2. The van der Waals surface area contributed by atoms with Crippen molar-refractivity contribution < 1.29 is 4.79 Å². The second-order valence-electron chi connectivity index (χ2n) is 4.61. The smallest absolute Gasteiger partial charge is 0.272 e. The SMILES string of the molecule is N#CCc1ccc(NC(=O)c2cc3cccnc3[nH]2)cc1. The average molecular weight is 276 g/mol. The van der Waals surface area contributed by atoms with Crippen LogP contribution in [0.3, 0.4) is 0 Å². The van der Waals surface area contributed by atoms with Gasteiger partial charge in [0.15, 0.2) is 0 Å². The number of hydrogen-bond donors (Lipinski definition) is 2. The van der Waals surface area contributed by atoms with Gasteiger partial charge in [0.25, 0.3) is 5.91 Å². The van der Waals surface area contributed by atoms with Gasteiger partial charge in [0.1, 0.15) is 11.3 Å². The van der Waals surface area contributed by atoms with Crippen molar-refractivity contribution in [3.63, 3.8) is 0 Å². The molecule has 0 unspecified atom stereocenters. The molecule has 21 heavy (non-hydrogen) atoms. The maximum atomic E-state index is 12.2. The van der Waals surface area contributed by atoms with Gasteiger partial charge in [0.05, 0.1) is 12.5 Å². The number of fused-ring (bicyclic) bond motifs is 1. The van der Waals surface area contributed by atoms with E-state index in [4.69, 9.17) is 5.26 Å². The lowest BCUT2D eigenvalue weighted by Gasteiger charge is -2.04. The van der Waals surface area contributed by atoms with Crippen molar-refractivity contribution in [3.05, 3.63) is 59.9 Å². The molecular weight excluding hydrogens is 264 g/mol. The number of aromatic nitrogens is 2. The largest absolute Gasteiger partial charge is 0.335 e. The number of hydrogen-bond acceptors (Lipinski definition) is 3. The summed E-state index contributed by atoms with van der Waals surface area (Å²) in [5, 5.41) is 12.3. The third-order valence-electron chi connectivity index (χ3n) is 3.13. The Balaban J connectivity index is 1.78. The van der Waals surface area contributed by atoms with Gasteiger partial charge < -0.3 is 10.3 Å². The zero-order valence-electron chi connectivity index (χ0n) is 11.1. The molecule has 0 aliphatic heterocycles. The molecule has 0 radical (unpaired) electrons. The van der Waals surface area contributed by atoms with Gasteiger partial charge in [-0.15, -0.1) is 0 Å². The lowest BCUT2D eigenvalue weighted by molar-refractivity contribution is 0.102. The highest BCUT2D eigenvalue weighted by molar-refractivity contribution is 6.05. The van der Waals surface area contributed by atoms with Crippen molar-refractivity contribution in [1.82, 2.24) is 9.97 Å². The van der Waals surface area contributed by atoms with E-state index < -0.39 is 0 Å². The van der Waals surface area contributed by atoms with E-state index in [2.05, 4.69) is 21.4 Å². The molecule has 0 aliphatic carbocycles. The topological polar surface area (TPSA) is 81.6 Å². The first-order chi connectivity index (χ1) is 10.3. The first kappa shape index (κ1) is 12.9. The molecule has 3 rings (SSSR count). The number of benzene rings is 1. The van der Waals surface area contributed by atoms with Crippen LogP contribution in [-0.4, -0.2) is 15.9 Å². The maximum Gasteiger partial charge on any atom is 0.272 e. The van der Waals surface area contributed by atoms with Crippen LogP contribution in [0, 0.1) is 11.3 Å². The van der Waals surface area contributed by atoms with E-state index >= 15 is 0 Å². The van der Waals surface area contributed by atoms with E-state index in [9.17, 15) is 4.79 Å². The van der Waals surface area contributed by atoms with Crippen LogP contribution < -0.4 is 5.32 Å². The number of nitrogens with one attached hydrogen (secondary N) is 2. The maximum absolute atomic E-state index is 12.2. The van der Waals surface area contributed by atoms with Crippen LogP contribution in [0.15, 0.2) is 48.7 Å². The molecular formula is C16H12N4O. The zero-order valence-corrected chi connectivity index (χ0v) is 11.1. The van der Waals surface area contributed by atoms with Crippen LogP contribution in [0.25, 0.3) is 11.0 Å². The number of H-pyrrole nitrogens is 1. The monoisotopic (exact) mass is 276 g/mol. The number of pyridine rings is 1. The lowest BCUT2D eigenvalue weighted by atomic mass is 10.1. The van der Waals surface area contributed by atoms with E-state index in [-0.39, 0.29) is 5.91 Å². The second-order valence-corrected chi connectivity index (χ2v) is 4.61. The van der Waals surface area contributed by atoms with Gasteiger partial charge in [-0.1, -0.05) is 12.1 Å². The summed E-state index contributed by atoms with van der Waals surface area (Å²) in [5.41, 5.74) is 2.76. The van der Waals surface area contributed by atoms with Crippen LogP contribution in [0.5, 0.6) is 0 Å². The number of aromatic amines is 1. The second kappa shape index (κ2) is 5.47. The first-order valence-electron chi connectivity index (χ1n) is 6.47. The summed E-state index contributed by atoms with van der Waals surface area (Å²) in [6, 6.07) is 14.8. The van der Waals surface area contributed by atoms with Crippen molar-refractivity contribution in [1.29, 1.82) is 5.26 Å². The first-order valence-corrected chi connectivity index (χ1v) is 6.47. The number of carbonyl (C=O) groups excluding carboxylic acids is 1. The van der Waals surface area contributed by atoms with Gasteiger partial charge in [-0.2, -0.15) is 5.26 Å². The molecule has 2 aromatic heterocycles. The number of carbonyl (C=O) groups is 1. The fourth-order valence-electron chi connectivity index (χ4n) is 2.08. The Hall–Kier alpha value is -3.13. The van der Waals surface area contributed by atoms with Crippen LogP contribution >= 0.6 is 0 Å². The van der Waals surface area contributed by atoms with Crippen molar-refractivity contribution in [2.45, 2.75) is 6.42 Å². The molecule has 5 nitrogen and oxygen atoms in total. The highest BCUT2D eigenvalue weighted by Crippen LogP contribution is 2.15. The molecule has 1 amide bonds. The van der Waals surface area contributed by atoms with Crippen molar-refractivity contribution in [2.75, 3.05) is 5.32 Å². The van der Waals surface area contributed by atoms with Crippen molar-refractivity contribution in [2.24, 2.45) is 0 Å². The normalized spacial score (nSPS) is 10.2. The lowest BCUT2D eigenvalue weighted by Crippen LogP contribution is -2.12. The number of anilines is 1. The molecule has 0 bridgehead atoms. The van der Waals surface area contributed by atoms with E-state index in [0.29, 0.717) is 23.4 Å². The number of amides is 1. The molecule has 0 aliphatic rings. The summed E-state index contributed by atoms with van der Waals surface area (Å²) in [4.78, 5) is 19.3. The molecule has 2 heterocycles. The molecule has 0 spiro atoms. The molecule has 5 heteroatoms. The molecule has 2 N–H and O–H groups in total. The van der Waals surface area contributed by atoms with Gasteiger partial charge in [-0.3, -0.25) is 4.79 Å². The fourth-order valence-corrected chi connectivity index (χ4v) is 2.08. The zero-order chi connectivity index (χ0) is 14.7. The minimum atomic E-state index is -0.221. The summed E-state index contributed by atoms with van der Waals surface area (Å²) in [6.45, 7) is 0. The van der Waals surface area contributed by atoms with E-state index in [0.717, 1.165) is 10.9 Å². The summed E-state index contributed by atoms with van der Waals surface area (Å²) in [5.74, 6) is -0.221. The third kappa shape index (κ3) is 2.74. The molecule has 1 aromatic carbocycles. The fraction of sp³-hybridized carbons (Fsp3) is 0.0625. The molecule has 0 fully saturated rings. The average Bonchev–Trinajstić information content (AvgIpc) is 2.94. The Morgan fingerprint density at radius 2 is 2.10 bits per heavy atom. The predicted octanol–water partition coefficient (Wildman–Crippen LogP) is 2.88. The molecule has 102 valence electrons. The van der Waals surface area contributed by atoms with Crippen LogP contribution in [-0.2, 0) is 6.42 Å². The summed E-state index contributed by atoms with van der Waals surface area (Å²) in [7, 11) is 0. The quantitative estimate of drug-likeness (QED) is 0.771. The van der Waals surface area contributed by atoms with E-state index in [1.165, 1.54) is 0 Å². The standard InChI is InChI=1S/C16H12N4O/c17-8-7-11-3-5-13(6-4-11)19-16(21)14-10-12-2-1-9-18-15(12)20-14/h1-6,9-10H,7H2,(H,18,20)(H,19,21). The highest BCUT2D eigenvalue weighted by atomic mass is 16.1. The van der Waals surface area contributed by atoms with Crippen molar-refractivity contribution in [3.8, 4) is 6.07 Å². The van der Waals surface area contributed by atoms with Gasteiger partial charge in [-0.25, -0.2) is 4.98 Å². The molecule has 3 aromatic rings. The minimum absolute atomic E-state index is 0.221. The summed E-state index contributed by atoms with van der Waals surface area (Å²) >= 11 is 0. The van der Waals surface area contributed by atoms with Gasteiger partial charge >= 0.3 is 0 Å². The Kier molecular flexibility index (Phi) is 3.36. The predicted molar refractivity (Wildman–Crippen MR) is 79.8 cm³/mol. The van der Waals surface area contributed by atoms with E-state index in [1.54, 1.807) is 24.4 Å². The highest BCUT2D eigenvalue weighted by Gasteiger charge is 2.10. The van der Waals surface area contributed by atoms with Crippen LogP contribution in [0.4, 0.5) is 5.69 Å². The van der Waals surface area contributed by atoms with Crippen molar-refractivity contribution >= 4 is 22.6 Å². The Bertz CT molecular complexity index is 794. The van der Waals surface area contributed by atoms with Gasteiger partial charge in [0, 0.05) is 17.3 Å². The minimum Gasteiger partial charge on any atom is -0.335 e. The van der Waals surface area contributed by atoms with E-state index in [1.807, 2.05) is 24.3 Å². The van der Waals surface area contributed by atoms with Crippen LogP contribution in [0.1, 0.15) is 16.1 Å².